The van der Waals surface area contributed by atoms with Crippen molar-refractivity contribution in [3.8, 4) is 0 Å². The molecule has 0 saturated heterocycles. The molecule has 0 aliphatic carbocycles. The standard InChI is InChI=1S/C12H16N2O3/c1-2-3-9-17-10-8-13-11-4-6-12(7-5-11)14(15)16/h2,4-7,13H,1,3,8-10H2. The maximum atomic E-state index is 10.4. The lowest BCUT2D eigenvalue weighted by atomic mass is 10.3. The summed E-state index contributed by atoms with van der Waals surface area (Å²) < 4.78 is 5.32. The van der Waals surface area contributed by atoms with Crippen molar-refractivity contribution in [3.63, 3.8) is 0 Å². The van der Waals surface area contributed by atoms with Crippen LogP contribution in [0.4, 0.5) is 11.4 Å². The van der Waals surface area contributed by atoms with Gasteiger partial charge in [-0.3, -0.25) is 10.1 Å². The lowest BCUT2D eigenvalue weighted by Crippen LogP contribution is -2.09. The average Bonchev–Trinajstić information content (AvgIpc) is 2.34. The molecule has 0 spiro atoms. The summed E-state index contributed by atoms with van der Waals surface area (Å²) in [5.74, 6) is 0. The number of nitro groups is 1. The number of ether oxygens (including phenoxy) is 1. The van der Waals surface area contributed by atoms with Crippen LogP contribution in [0.5, 0.6) is 0 Å². The zero-order valence-electron chi connectivity index (χ0n) is 9.59. The van der Waals surface area contributed by atoms with Crippen molar-refractivity contribution in [2.45, 2.75) is 6.42 Å². The third-order valence-electron chi connectivity index (χ3n) is 2.12. The summed E-state index contributed by atoms with van der Waals surface area (Å²) in [5, 5.41) is 13.5. The second-order valence-electron chi connectivity index (χ2n) is 3.42. The molecular formula is C12H16N2O3. The van der Waals surface area contributed by atoms with E-state index in [4.69, 9.17) is 4.74 Å². The predicted molar refractivity (Wildman–Crippen MR) is 67.2 cm³/mol. The third kappa shape index (κ3) is 5.12. The maximum absolute atomic E-state index is 10.4. The number of nitro benzene ring substituents is 1. The minimum absolute atomic E-state index is 0.0952. The normalized spacial score (nSPS) is 9.88. The van der Waals surface area contributed by atoms with E-state index in [0.29, 0.717) is 19.8 Å². The molecule has 0 unspecified atom stereocenters. The summed E-state index contributed by atoms with van der Waals surface area (Å²) in [7, 11) is 0. The number of nitrogens with one attached hydrogen (secondary N) is 1. The zero-order chi connectivity index (χ0) is 12.5. The van der Waals surface area contributed by atoms with Crippen molar-refractivity contribution >= 4 is 11.4 Å². The minimum atomic E-state index is -0.415. The fraction of sp³-hybridized carbons (Fsp3) is 0.333. The van der Waals surface area contributed by atoms with Gasteiger partial charge in [-0.05, 0) is 18.6 Å². The van der Waals surface area contributed by atoms with Crippen LogP contribution in [0.15, 0.2) is 36.9 Å². The first-order valence-electron chi connectivity index (χ1n) is 5.41. The highest BCUT2D eigenvalue weighted by atomic mass is 16.6. The summed E-state index contributed by atoms with van der Waals surface area (Å²) >= 11 is 0. The lowest BCUT2D eigenvalue weighted by molar-refractivity contribution is -0.384. The van der Waals surface area contributed by atoms with Crippen molar-refractivity contribution in [2.75, 3.05) is 25.1 Å². The Kier molecular flexibility index (Phi) is 5.74. The Morgan fingerprint density at radius 1 is 1.35 bits per heavy atom. The fourth-order valence-corrected chi connectivity index (χ4v) is 1.24. The molecule has 5 nitrogen and oxygen atoms in total. The summed E-state index contributed by atoms with van der Waals surface area (Å²) in [6.07, 6.45) is 2.65. The van der Waals surface area contributed by atoms with Gasteiger partial charge in [-0.1, -0.05) is 6.08 Å². The third-order valence-corrected chi connectivity index (χ3v) is 2.12. The molecule has 17 heavy (non-hydrogen) atoms. The lowest BCUT2D eigenvalue weighted by Gasteiger charge is -2.06. The Morgan fingerprint density at radius 2 is 2.06 bits per heavy atom. The molecular weight excluding hydrogens is 220 g/mol. The number of benzene rings is 1. The van der Waals surface area contributed by atoms with E-state index >= 15 is 0 Å². The van der Waals surface area contributed by atoms with Crippen LogP contribution in [0.3, 0.4) is 0 Å². The smallest absolute Gasteiger partial charge is 0.269 e. The Balaban J connectivity index is 2.23. The van der Waals surface area contributed by atoms with Crippen molar-refractivity contribution in [2.24, 2.45) is 0 Å². The molecule has 0 atom stereocenters. The van der Waals surface area contributed by atoms with E-state index in [0.717, 1.165) is 12.1 Å². The molecule has 1 aromatic rings. The second-order valence-corrected chi connectivity index (χ2v) is 3.42. The van der Waals surface area contributed by atoms with Gasteiger partial charge < -0.3 is 10.1 Å². The average molecular weight is 236 g/mol. The molecule has 1 N–H and O–H groups in total. The van der Waals surface area contributed by atoms with Crippen LogP contribution in [-0.4, -0.2) is 24.7 Å². The van der Waals surface area contributed by atoms with E-state index in [2.05, 4.69) is 11.9 Å². The summed E-state index contributed by atoms with van der Waals surface area (Å²) in [4.78, 5) is 10.0. The molecule has 1 aromatic carbocycles. The van der Waals surface area contributed by atoms with Crippen LogP contribution in [0.2, 0.25) is 0 Å². The van der Waals surface area contributed by atoms with E-state index < -0.39 is 4.92 Å². The summed E-state index contributed by atoms with van der Waals surface area (Å²) in [6, 6.07) is 6.31. The van der Waals surface area contributed by atoms with Gasteiger partial charge in [0.25, 0.3) is 5.69 Å². The monoisotopic (exact) mass is 236 g/mol. The molecule has 0 saturated carbocycles. The van der Waals surface area contributed by atoms with Gasteiger partial charge in [-0.15, -0.1) is 6.58 Å². The van der Waals surface area contributed by atoms with Gasteiger partial charge in [0.2, 0.25) is 0 Å². The van der Waals surface area contributed by atoms with Gasteiger partial charge in [0, 0.05) is 24.4 Å². The molecule has 1 rings (SSSR count). The van der Waals surface area contributed by atoms with Gasteiger partial charge in [-0.2, -0.15) is 0 Å². The van der Waals surface area contributed by atoms with Crippen molar-refractivity contribution in [1.29, 1.82) is 0 Å². The Hall–Kier alpha value is -1.88. The van der Waals surface area contributed by atoms with E-state index in [-0.39, 0.29) is 5.69 Å². The number of rotatable bonds is 8. The summed E-state index contributed by atoms with van der Waals surface area (Å²) in [6.45, 7) is 5.55. The van der Waals surface area contributed by atoms with Crippen LogP contribution in [0.25, 0.3) is 0 Å². The highest BCUT2D eigenvalue weighted by molar-refractivity contribution is 5.48. The van der Waals surface area contributed by atoms with Crippen molar-refractivity contribution < 1.29 is 9.66 Å². The fourth-order valence-electron chi connectivity index (χ4n) is 1.24. The Labute approximate surface area is 100 Å². The van der Waals surface area contributed by atoms with Gasteiger partial charge in [0.15, 0.2) is 0 Å². The van der Waals surface area contributed by atoms with E-state index in [1.54, 1.807) is 12.1 Å². The minimum Gasteiger partial charge on any atom is -0.383 e. The van der Waals surface area contributed by atoms with Crippen LogP contribution < -0.4 is 5.32 Å². The quantitative estimate of drug-likeness (QED) is 0.326. The first kappa shape index (κ1) is 13.2. The van der Waals surface area contributed by atoms with Gasteiger partial charge in [0.1, 0.15) is 0 Å². The highest BCUT2D eigenvalue weighted by Crippen LogP contribution is 2.14. The van der Waals surface area contributed by atoms with Gasteiger partial charge in [0.05, 0.1) is 18.1 Å². The van der Waals surface area contributed by atoms with E-state index in [1.807, 2.05) is 6.08 Å². The SMILES string of the molecule is C=CCCOCCNc1ccc([N+](=O)[O-])cc1. The van der Waals surface area contributed by atoms with Crippen LogP contribution in [0.1, 0.15) is 6.42 Å². The molecule has 0 heterocycles. The molecule has 0 aliphatic rings. The molecule has 0 aromatic heterocycles. The van der Waals surface area contributed by atoms with E-state index in [9.17, 15) is 10.1 Å². The molecule has 92 valence electrons. The first-order valence-corrected chi connectivity index (χ1v) is 5.41. The predicted octanol–water partition coefficient (Wildman–Crippen LogP) is 2.60. The molecule has 0 radical (unpaired) electrons. The number of nitrogens with zero attached hydrogens (tertiary/aromatic N) is 1. The molecule has 0 amide bonds. The number of anilines is 1. The number of hydrogen-bond donors (Lipinski definition) is 1. The first-order chi connectivity index (χ1) is 8.24. The Bertz CT molecular complexity index is 363. The number of non-ortho nitro benzene ring substituents is 1. The molecule has 0 bridgehead atoms. The number of hydrogen-bond acceptors (Lipinski definition) is 4. The van der Waals surface area contributed by atoms with Gasteiger partial charge >= 0.3 is 0 Å². The maximum Gasteiger partial charge on any atom is 0.269 e. The Morgan fingerprint density at radius 3 is 2.65 bits per heavy atom. The molecule has 0 fully saturated rings. The molecule has 0 aliphatic heterocycles. The van der Waals surface area contributed by atoms with Gasteiger partial charge in [-0.25, -0.2) is 0 Å². The topological polar surface area (TPSA) is 64.4 Å². The summed E-state index contributed by atoms with van der Waals surface area (Å²) in [5.41, 5.74) is 0.945. The highest BCUT2D eigenvalue weighted by Gasteiger charge is 2.02. The molecule has 5 heteroatoms. The van der Waals surface area contributed by atoms with Crippen molar-refractivity contribution in [3.05, 3.63) is 47.0 Å². The van der Waals surface area contributed by atoms with Crippen molar-refractivity contribution in [1.82, 2.24) is 0 Å². The second kappa shape index (κ2) is 7.40. The van der Waals surface area contributed by atoms with Crippen LogP contribution in [0, 0.1) is 10.1 Å². The largest absolute Gasteiger partial charge is 0.383 e. The zero-order valence-corrected chi connectivity index (χ0v) is 9.59. The van der Waals surface area contributed by atoms with E-state index in [1.165, 1.54) is 12.1 Å². The van der Waals surface area contributed by atoms with Crippen LogP contribution in [-0.2, 0) is 4.74 Å². The van der Waals surface area contributed by atoms with Crippen LogP contribution >= 0.6 is 0 Å².